The maximum Gasteiger partial charge on any atom is 0.304 e. The number of carbonyl (C=O) groups is 1. The van der Waals surface area contributed by atoms with Gasteiger partial charge < -0.3 is 29.3 Å². The maximum atomic E-state index is 13.7. The van der Waals surface area contributed by atoms with Gasteiger partial charge in [-0.05, 0) is 38.4 Å². The first-order valence-electron chi connectivity index (χ1n) is 12.1. The van der Waals surface area contributed by atoms with Gasteiger partial charge in [0.05, 0.1) is 19.2 Å². The molecular formula is C24H33F2N5O4. The molecule has 1 aromatic heterocycles. The quantitative estimate of drug-likeness (QED) is 0.303. The van der Waals surface area contributed by atoms with Crippen molar-refractivity contribution < 1.29 is 27.8 Å². The van der Waals surface area contributed by atoms with Crippen LogP contribution in [0.15, 0.2) is 12.1 Å². The summed E-state index contributed by atoms with van der Waals surface area (Å²) >= 11 is 0. The van der Waals surface area contributed by atoms with Crippen LogP contribution < -0.4 is 19.7 Å². The Labute approximate surface area is 203 Å². The molecule has 1 N–H and O–H groups in total. The molecule has 2 aliphatic rings. The third-order valence-corrected chi connectivity index (χ3v) is 6.34. The molecule has 35 heavy (non-hydrogen) atoms. The van der Waals surface area contributed by atoms with Gasteiger partial charge in [0.15, 0.2) is 18.2 Å². The van der Waals surface area contributed by atoms with Crippen molar-refractivity contribution in [1.82, 2.24) is 14.9 Å². The second-order valence-electron chi connectivity index (χ2n) is 8.94. The molecule has 3 heterocycles. The van der Waals surface area contributed by atoms with Crippen LogP contribution >= 0.6 is 0 Å². The molecular weight excluding hydrogens is 460 g/mol. The van der Waals surface area contributed by atoms with E-state index in [-0.39, 0.29) is 32.7 Å². The molecule has 0 saturated carbocycles. The Bertz CT molecular complexity index is 1020. The number of alkyl halides is 2. The standard InChI is InChI=1S/C24H33F2N5O4/c1-17(32)35-16-27-22-18-14-20(33-2)21(34-13-5-10-30-8-3-4-9-30)15-19(18)28-23(29-22)31-11-6-24(25,26)7-12-31/h14-15H,3-13,16H2,1-2H3,(H,27,28,29). The number of aromatic nitrogens is 2. The van der Waals surface area contributed by atoms with Crippen molar-refractivity contribution in [2.45, 2.75) is 45.0 Å². The van der Waals surface area contributed by atoms with E-state index in [1.807, 2.05) is 0 Å². The Morgan fingerprint density at radius 3 is 2.54 bits per heavy atom. The van der Waals surface area contributed by atoms with Crippen molar-refractivity contribution in [2.24, 2.45) is 0 Å². The van der Waals surface area contributed by atoms with Gasteiger partial charge in [0, 0.05) is 50.9 Å². The van der Waals surface area contributed by atoms with Gasteiger partial charge in [-0.1, -0.05) is 0 Å². The van der Waals surface area contributed by atoms with Gasteiger partial charge in [-0.25, -0.2) is 13.8 Å². The van der Waals surface area contributed by atoms with Gasteiger partial charge in [-0.2, -0.15) is 4.98 Å². The van der Waals surface area contributed by atoms with Crippen LogP contribution in [0.25, 0.3) is 10.9 Å². The second-order valence-corrected chi connectivity index (χ2v) is 8.94. The number of ether oxygens (including phenoxy) is 3. The topological polar surface area (TPSA) is 89.1 Å². The molecule has 0 radical (unpaired) electrons. The molecule has 0 bridgehead atoms. The summed E-state index contributed by atoms with van der Waals surface area (Å²) in [6.45, 7) is 5.34. The average molecular weight is 494 g/mol. The van der Waals surface area contributed by atoms with Crippen LogP contribution in [0.3, 0.4) is 0 Å². The van der Waals surface area contributed by atoms with E-state index in [0.29, 0.717) is 40.8 Å². The van der Waals surface area contributed by atoms with Crippen molar-refractivity contribution in [3.8, 4) is 11.5 Å². The van der Waals surface area contributed by atoms with Crippen LogP contribution in [0.2, 0.25) is 0 Å². The lowest BCUT2D eigenvalue weighted by Crippen LogP contribution is -2.40. The summed E-state index contributed by atoms with van der Waals surface area (Å²) in [5, 5.41) is 3.64. The van der Waals surface area contributed by atoms with Crippen molar-refractivity contribution >= 4 is 28.6 Å². The molecule has 0 unspecified atom stereocenters. The molecule has 2 aromatic rings. The number of nitrogens with zero attached hydrogens (tertiary/aromatic N) is 4. The number of likely N-dealkylation sites (tertiary alicyclic amines) is 1. The van der Waals surface area contributed by atoms with E-state index < -0.39 is 11.9 Å². The minimum Gasteiger partial charge on any atom is -0.493 e. The molecule has 192 valence electrons. The molecule has 9 nitrogen and oxygen atoms in total. The number of hydrogen-bond donors (Lipinski definition) is 1. The zero-order valence-corrected chi connectivity index (χ0v) is 20.3. The summed E-state index contributed by atoms with van der Waals surface area (Å²) in [4.78, 5) is 24.6. The third kappa shape index (κ3) is 6.59. The molecule has 0 amide bonds. The van der Waals surface area contributed by atoms with E-state index >= 15 is 0 Å². The zero-order chi connectivity index (χ0) is 24.8. The molecule has 0 spiro atoms. The van der Waals surface area contributed by atoms with Gasteiger partial charge in [0.2, 0.25) is 5.95 Å². The lowest BCUT2D eigenvalue weighted by Gasteiger charge is -2.32. The Balaban J connectivity index is 1.57. The van der Waals surface area contributed by atoms with Gasteiger partial charge in [0.1, 0.15) is 5.82 Å². The van der Waals surface area contributed by atoms with Gasteiger partial charge in [-0.15, -0.1) is 0 Å². The molecule has 0 aliphatic carbocycles. The number of methoxy groups -OCH3 is 1. The highest BCUT2D eigenvalue weighted by molar-refractivity contribution is 5.92. The van der Waals surface area contributed by atoms with Gasteiger partial charge >= 0.3 is 5.97 Å². The second kappa shape index (κ2) is 11.2. The predicted octanol–water partition coefficient (Wildman–Crippen LogP) is 3.67. The number of nitrogens with one attached hydrogen (secondary N) is 1. The minimum atomic E-state index is -2.67. The van der Waals surface area contributed by atoms with Gasteiger partial charge in [0.25, 0.3) is 5.92 Å². The van der Waals surface area contributed by atoms with Crippen LogP contribution in [0.4, 0.5) is 20.5 Å². The Morgan fingerprint density at radius 2 is 1.86 bits per heavy atom. The Kier molecular flexibility index (Phi) is 8.04. The third-order valence-electron chi connectivity index (χ3n) is 6.34. The summed E-state index contributed by atoms with van der Waals surface area (Å²) in [5.74, 6) is -1.26. The summed E-state index contributed by atoms with van der Waals surface area (Å²) < 4.78 is 44.0. The minimum absolute atomic E-state index is 0.0873. The fourth-order valence-corrected chi connectivity index (χ4v) is 4.39. The summed E-state index contributed by atoms with van der Waals surface area (Å²) in [5.41, 5.74) is 0.577. The number of anilines is 2. The van der Waals surface area contributed by atoms with Gasteiger partial charge in [-0.3, -0.25) is 4.79 Å². The largest absolute Gasteiger partial charge is 0.493 e. The normalized spacial score (nSPS) is 18.0. The van der Waals surface area contributed by atoms with E-state index in [9.17, 15) is 13.6 Å². The molecule has 4 rings (SSSR count). The van der Waals surface area contributed by atoms with E-state index in [0.717, 1.165) is 26.1 Å². The molecule has 0 atom stereocenters. The van der Waals surface area contributed by atoms with Crippen LogP contribution in [0.1, 0.15) is 39.0 Å². The first-order valence-corrected chi connectivity index (χ1v) is 12.1. The lowest BCUT2D eigenvalue weighted by atomic mass is 10.1. The number of halogens is 2. The highest BCUT2D eigenvalue weighted by atomic mass is 19.3. The van der Waals surface area contributed by atoms with Crippen LogP contribution in [0.5, 0.6) is 11.5 Å². The monoisotopic (exact) mass is 493 g/mol. The fourth-order valence-electron chi connectivity index (χ4n) is 4.39. The highest BCUT2D eigenvalue weighted by Crippen LogP contribution is 2.36. The molecule has 2 aliphatic heterocycles. The van der Waals surface area contributed by atoms with Crippen molar-refractivity contribution in [3.63, 3.8) is 0 Å². The van der Waals surface area contributed by atoms with E-state index in [1.54, 1.807) is 24.1 Å². The van der Waals surface area contributed by atoms with Crippen LogP contribution in [-0.4, -0.2) is 79.9 Å². The average Bonchev–Trinajstić information content (AvgIpc) is 3.34. The van der Waals surface area contributed by atoms with Crippen LogP contribution in [0, 0.1) is 0 Å². The summed E-state index contributed by atoms with van der Waals surface area (Å²) in [6.07, 6.45) is 2.90. The van der Waals surface area contributed by atoms with Crippen LogP contribution in [-0.2, 0) is 9.53 Å². The number of rotatable bonds is 10. The SMILES string of the molecule is COc1cc2c(NCOC(C)=O)nc(N3CCC(F)(F)CC3)nc2cc1OCCCN1CCCC1. The zero-order valence-electron chi connectivity index (χ0n) is 20.3. The Morgan fingerprint density at radius 1 is 1.11 bits per heavy atom. The fraction of sp³-hybridized carbons (Fsp3) is 0.625. The first-order chi connectivity index (χ1) is 16.8. The van der Waals surface area contributed by atoms with Crippen molar-refractivity contribution in [1.29, 1.82) is 0 Å². The molecule has 2 saturated heterocycles. The maximum absolute atomic E-state index is 13.7. The number of esters is 1. The van der Waals surface area contributed by atoms with E-state index in [4.69, 9.17) is 14.2 Å². The van der Waals surface area contributed by atoms with Crippen molar-refractivity contribution in [2.75, 3.05) is 63.4 Å². The first kappa shape index (κ1) is 25.2. The lowest BCUT2D eigenvalue weighted by molar-refractivity contribution is -0.140. The Hall–Kier alpha value is -2.95. The molecule has 11 heteroatoms. The smallest absolute Gasteiger partial charge is 0.304 e. The predicted molar refractivity (Wildman–Crippen MR) is 129 cm³/mol. The number of carbonyl (C=O) groups excluding carboxylic acids is 1. The number of piperidine rings is 1. The van der Waals surface area contributed by atoms with Crippen molar-refractivity contribution in [3.05, 3.63) is 12.1 Å². The van der Waals surface area contributed by atoms with E-state index in [2.05, 4.69) is 20.2 Å². The number of fused-ring (bicyclic) bond motifs is 1. The highest BCUT2D eigenvalue weighted by Gasteiger charge is 2.35. The van der Waals surface area contributed by atoms with E-state index in [1.165, 1.54) is 19.8 Å². The molecule has 2 fully saturated rings. The summed E-state index contributed by atoms with van der Waals surface area (Å²) in [7, 11) is 1.56. The number of hydrogen-bond acceptors (Lipinski definition) is 9. The summed E-state index contributed by atoms with van der Waals surface area (Å²) in [6, 6.07) is 3.56. The molecule has 1 aromatic carbocycles. The number of benzene rings is 1.